The van der Waals surface area contributed by atoms with Crippen LogP contribution in [0.1, 0.15) is 23.7 Å². The van der Waals surface area contributed by atoms with Crippen molar-refractivity contribution >= 4 is 35.1 Å². The number of alkyl halides is 1. The van der Waals surface area contributed by atoms with Gasteiger partial charge in [-0.2, -0.15) is 15.0 Å². The first-order chi connectivity index (χ1) is 9.04. The monoisotopic (exact) mass is 297 g/mol. The van der Waals surface area contributed by atoms with Gasteiger partial charge in [-0.15, -0.1) is 11.6 Å². The van der Waals surface area contributed by atoms with Gasteiger partial charge >= 0.3 is 0 Å². The second kappa shape index (κ2) is 6.04. The van der Waals surface area contributed by atoms with Gasteiger partial charge in [0.25, 0.3) is 0 Å². The van der Waals surface area contributed by atoms with E-state index < -0.39 is 0 Å². The first kappa shape index (κ1) is 13.8. The molecule has 1 heterocycles. The lowest BCUT2D eigenvalue weighted by atomic mass is 10.2. The lowest BCUT2D eigenvalue weighted by Gasteiger charge is -2.08. The molecule has 2 rings (SSSR count). The highest BCUT2D eigenvalue weighted by Gasteiger charge is 2.09. The van der Waals surface area contributed by atoms with E-state index in [0.29, 0.717) is 23.3 Å². The van der Waals surface area contributed by atoms with Crippen molar-refractivity contribution < 1.29 is 0 Å². The molecule has 0 amide bonds. The zero-order chi connectivity index (χ0) is 13.8. The molecule has 0 fully saturated rings. The summed E-state index contributed by atoms with van der Waals surface area (Å²) in [5.74, 6) is 1.01. The number of nitrogens with two attached hydrogens (primary N) is 1. The lowest BCUT2D eigenvalue weighted by molar-refractivity contribution is 0.878. The second-order valence-corrected chi connectivity index (χ2v) is 5.06. The first-order valence-corrected chi connectivity index (χ1v) is 6.50. The summed E-state index contributed by atoms with van der Waals surface area (Å²) in [6.07, 6.45) is 0. The fourth-order valence-electron chi connectivity index (χ4n) is 1.45. The van der Waals surface area contributed by atoms with Crippen LogP contribution in [0.4, 0.5) is 11.9 Å². The molecule has 1 aromatic heterocycles. The Balaban J connectivity index is 2.08. The van der Waals surface area contributed by atoms with Crippen LogP contribution in [0, 0.1) is 0 Å². The van der Waals surface area contributed by atoms with Crippen molar-refractivity contribution in [3.8, 4) is 0 Å². The van der Waals surface area contributed by atoms with Gasteiger partial charge < -0.3 is 11.1 Å². The Labute approximate surface area is 121 Å². The number of nitrogens with one attached hydrogen (secondary N) is 1. The summed E-state index contributed by atoms with van der Waals surface area (Å²) in [6.45, 7) is 2.34. The van der Waals surface area contributed by atoms with Crippen LogP contribution in [0.2, 0.25) is 5.02 Å². The molecular formula is C12H13Cl2N5. The topological polar surface area (TPSA) is 76.7 Å². The Morgan fingerprint density at radius 1 is 1.21 bits per heavy atom. The van der Waals surface area contributed by atoms with E-state index in [1.165, 1.54) is 0 Å². The van der Waals surface area contributed by atoms with E-state index in [1.807, 2.05) is 24.3 Å². The van der Waals surface area contributed by atoms with Crippen LogP contribution in [-0.4, -0.2) is 15.0 Å². The number of hydrogen-bond acceptors (Lipinski definition) is 5. The number of rotatable bonds is 4. The molecule has 3 N–H and O–H groups in total. The molecule has 0 aliphatic heterocycles. The van der Waals surface area contributed by atoms with Crippen molar-refractivity contribution in [3.63, 3.8) is 0 Å². The van der Waals surface area contributed by atoms with Crippen molar-refractivity contribution in [2.75, 3.05) is 11.1 Å². The summed E-state index contributed by atoms with van der Waals surface area (Å²) in [5, 5.41) is 3.45. The molecule has 100 valence electrons. The molecule has 2 aromatic rings. The molecule has 5 nitrogen and oxygen atoms in total. The highest BCUT2D eigenvalue weighted by Crippen LogP contribution is 2.17. The predicted molar refractivity (Wildman–Crippen MR) is 77.3 cm³/mol. The van der Waals surface area contributed by atoms with E-state index in [0.717, 1.165) is 5.56 Å². The van der Waals surface area contributed by atoms with Crippen molar-refractivity contribution in [1.29, 1.82) is 0 Å². The molecule has 0 aliphatic carbocycles. The van der Waals surface area contributed by atoms with Crippen LogP contribution in [0.5, 0.6) is 0 Å². The maximum Gasteiger partial charge on any atom is 0.228 e. The van der Waals surface area contributed by atoms with Gasteiger partial charge in [-0.3, -0.25) is 0 Å². The summed E-state index contributed by atoms with van der Waals surface area (Å²) in [6, 6.07) is 7.50. The molecule has 0 saturated heterocycles. The third kappa shape index (κ3) is 3.94. The van der Waals surface area contributed by atoms with Gasteiger partial charge in [0.1, 0.15) is 0 Å². The Kier molecular flexibility index (Phi) is 4.39. The SMILES string of the molecule is CC(Cl)c1nc(N)nc(NCc2ccc(Cl)cc2)n1. The van der Waals surface area contributed by atoms with Crippen LogP contribution in [0.3, 0.4) is 0 Å². The van der Waals surface area contributed by atoms with Crippen LogP contribution >= 0.6 is 23.2 Å². The normalized spacial score (nSPS) is 12.2. The van der Waals surface area contributed by atoms with Gasteiger partial charge in [0, 0.05) is 11.6 Å². The van der Waals surface area contributed by atoms with Crippen molar-refractivity contribution in [1.82, 2.24) is 15.0 Å². The van der Waals surface area contributed by atoms with E-state index in [1.54, 1.807) is 6.92 Å². The summed E-state index contributed by atoms with van der Waals surface area (Å²) in [5.41, 5.74) is 6.67. The summed E-state index contributed by atoms with van der Waals surface area (Å²) in [7, 11) is 0. The fourth-order valence-corrected chi connectivity index (χ4v) is 1.67. The number of nitrogen functional groups attached to an aromatic ring is 1. The van der Waals surface area contributed by atoms with Gasteiger partial charge in [0.05, 0.1) is 5.38 Å². The van der Waals surface area contributed by atoms with E-state index in [4.69, 9.17) is 28.9 Å². The van der Waals surface area contributed by atoms with Crippen LogP contribution in [-0.2, 0) is 6.54 Å². The van der Waals surface area contributed by atoms with Crippen LogP contribution in [0.15, 0.2) is 24.3 Å². The summed E-state index contributed by atoms with van der Waals surface area (Å²) in [4.78, 5) is 12.2. The predicted octanol–water partition coefficient (Wildman–Crippen LogP) is 3.02. The van der Waals surface area contributed by atoms with E-state index in [-0.39, 0.29) is 11.3 Å². The Hall–Kier alpha value is -1.59. The van der Waals surface area contributed by atoms with Crippen LogP contribution in [0.25, 0.3) is 0 Å². The molecule has 0 spiro atoms. The van der Waals surface area contributed by atoms with Crippen molar-refractivity contribution in [2.45, 2.75) is 18.8 Å². The first-order valence-electron chi connectivity index (χ1n) is 5.68. The third-order valence-corrected chi connectivity index (χ3v) is 2.84. The minimum atomic E-state index is -0.318. The Bertz CT molecular complexity index is 557. The van der Waals surface area contributed by atoms with Gasteiger partial charge in [-0.1, -0.05) is 23.7 Å². The zero-order valence-corrected chi connectivity index (χ0v) is 11.8. The molecule has 19 heavy (non-hydrogen) atoms. The highest BCUT2D eigenvalue weighted by atomic mass is 35.5. The van der Waals surface area contributed by atoms with Gasteiger partial charge in [-0.25, -0.2) is 0 Å². The summed E-state index contributed by atoms with van der Waals surface area (Å²) >= 11 is 11.8. The minimum absolute atomic E-state index is 0.149. The Morgan fingerprint density at radius 3 is 2.53 bits per heavy atom. The van der Waals surface area contributed by atoms with Gasteiger partial charge in [0.2, 0.25) is 11.9 Å². The molecule has 0 bridgehead atoms. The van der Waals surface area contributed by atoms with E-state index in [9.17, 15) is 0 Å². The summed E-state index contributed by atoms with van der Waals surface area (Å²) < 4.78 is 0. The van der Waals surface area contributed by atoms with Gasteiger partial charge in [-0.05, 0) is 24.6 Å². The number of nitrogens with zero attached hydrogens (tertiary/aromatic N) is 3. The molecule has 0 saturated carbocycles. The maximum atomic E-state index is 5.93. The van der Waals surface area contributed by atoms with Gasteiger partial charge in [0.15, 0.2) is 5.82 Å². The van der Waals surface area contributed by atoms with Crippen LogP contribution < -0.4 is 11.1 Å². The molecule has 1 aromatic carbocycles. The van der Waals surface area contributed by atoms with Crippen molar-refractivity contribution in [2.24, 2.45) is 0 Å². The molecule has 1 atom stereocenters. The lowest BCUT2D eigenvalue weighted by Crippen LogP contribution is -2.10. The largest absolute Gasteiger partial charge is 0.368 e. The highest BCUT2D eigenvalue weighted by molar-refractivity contribution is 6.30. The van der Waals surface area contributed by atoms with E-state index >= 15 is 0 Å². The molecule has 7 heteroatoms. The number of anilines is 2. The average molecular weight is 298 g/mol. The maximum absolute atomic E-state index is 5.93. The third-order valence-electron chi connectivity index (χ3n) is 2.39. The van der Waals surface area contributed by atoms with Crippen molar-refractivity contribution in [3.05, 3.63) is 40.7 Å². The molecule has 0 radical (unpaired) electrons. The number of benzene rings is 1. The smallest absolute Gasteiger partial charge is 0.228 e. The molecule has 1 unspecified atom stereocenters. The number of halogens is 2. The second-order valence-electron chi connectivity index (χ2n) is 3.97. The number of aromatic nitrogens is 3. The quantitative estimate of drug-likeness (QED) is 0.848. The zero-order valence-electron chi connectivity index (χ0n) is 10.3. The number of hydrogen-bond donors (Lipinski definition) is 2. The molecule has 0 aliphatic rings. The fraction of sp³-hybridized carbons (Fsp3) is 0.250. The van der Waals surface area contributed by atoms with E-state index in [2.05, 4.69) is 20.3 Å². The minimum Gasteiger partial charge on any atom is -0.368 e. The average Bonchev–Trinajstić information content (AvgIpc) is 2.37. The standard InChI is InChI=1S/C12H13Cl2N5/c1-7(13)10-17-11(15)19-12(18-10)16-6-8-2-4-9(14)5-3-8/h2-5,7H,6H2,1H3,(H3,15,16,17,18,19). The molecular weight excluding hydrogens is 285 g/mol. The Morgan fingerprint density at radius 2 is 1.89 bits per heavy atom.